The van der Waals surface area contributed by atoms with Crippen LogP contribution in [-0.4, -0.2) is 65.5 Å². The highest BCUT2D eigenvalue weighted by molar-refractivity contribution is 6.70. The van der Waals surface area contributed by atoms with E-state index in [2.05, 4.69) is 6.58 Å². The second-order valence-electron chi connectivity index (χ2n) is 7.61. The van der Waals surface area contributed by atoms with Gasteiger partial charge in [0.05, 0.1) is 6.61 Å². The van der Waals surface area contributed by atoms with Gasteiger partial charge < -0.3 is 26.9 Å². The summed E-state index contributed by atoms with van der Waals surface area (Å²) in [4.78, 5) is 11.3. The molecule has 0 heterocycles. The van der Waals surface area contributed by atoms with Crippen molar-refractivity contribution in [3.05, 3.63) is 12.2 Å². The SMILES string of the molecule is C=C(C)C(=O)OCCCCCCCCCC[Si](CC[Si](OC)(OC)OC)(OC)OC. The zero-order chi connectivity index (χ0) is 22.9. The topological polar surface area (TPSA) is 72.5 Å². The fraction of sp³-hybridized carbons (Fsp3) is 0.857. The van der Waals surface area contributed by atoms with Gasteiger partial charge in [-0.25, -0.2) is 4.79 Å². The molecule has 0 unspecified atom stereocenters. The number of ether oxygens (including phenoxy) is 1. The van der Waals surface area contributed by atoms with Crippen LogP contribution in [0.1, 0.15) is 58.3 Å². The molecule has 178 valence electrons. The number of unbranched alkanes of at least 4 members (excludes halogenated alkanes) is 7. The van der Waals surface area contributed by atoms with E-state index in [-0.39, 0.29) is 5.97 Å². The summed E-state index contributed by atoms with van der Waals surface area (Å²) in [6.07, 6.45) is 9.14. The molecule has 0 aromatic rings. The van der Waals surface area contributed by atoms with Crippen LogP contribution >= 0.6 is 0 Å². The third-order valence-electron chi connectivity index (χ3n) is 5.52. The molecule has 9 heteroatoms. The lowest BCUT2D eigenvalue weighted by Crippen LogP contribution is -2.47. The maximum Gasteiger partial charge on any atom is 0.500 e. The van der Waals surface area contributed by atoms with Crippen LogP contribution < -0.4 is 0 Å². The molecule has 0 N–H and O–H groups in total. The van der Waals surface area contributed by atoms with E-state index in [1.807, 2.05) is 0 Å². The third-order valence-corrected chi connectivity index (χ3v) is 12.4. The van der Waals surface area contributed by atoms with Crippen molar-refractivity contribution in [1.29, 1.82) is 0 Å². The summed E-state index contributed by atoms with van der Waals surface area (Å²) in [5.74, 6) is -0.290. The zero-order valence-electron chi connectivity index (χ0n) is 20.1. The first kappa shape index (κ1) is 29.4. The van der Waals surface area contributed by atoms with Gasteiger partial charge in [-0.2, -0.15) is 0 Å². The lowest BCUT2D eigenvalue weighted by Gasteiger charge is -2.31. The molecule has 0 aliphatic heterocycles. The number of hydrogen-bond donors (Lipinski definition) is 0. The average Bonchev–Trinajstić information content (AvgIpc) is 2.77. The molecule has 30 heavy (non-hydrogen) atoms. The number of carbonyl (C=O) groups is 1. The lowest BCUT2D eigenvalue weighted by molar-refractivity contribution is -0.139. The van der Waals surface area contributed by atoms with E-state index in [1.54, 1.807) is 42.5 Å². The Hall–Kier alpha value is -0.556. The predicted molar refractivity (Wildman–Crippen MR) is 124 cm³/mol. The molecule has 0 radical (unpaired) electrons. The first-order chi connectivity index (χ1) is 14.3. The van der Waals surface area contributed by atoms with Crippen molar-refractivity contribution in [3.8, 4) is 0 Å². The molecule has 0 rings (SSSR count). The van der Waals surface area contributed by atoms with Crippen molar-refractivity contribution >= 4 is 23.3 Å². The standard InChI is InChI=1S/C21H44O7Si2/c1-20(2)21(22)28-16-14-12-10-8-9-11-13-15-17-29(23-3,24-4)18-19-30(25-5,26-6)27-7/h1,8-19H2,2-7H3. The number of rotatable bonds is 20. The van der Waals surface area contributed by atoms with Crippen LogP contribution in [-0.2, 0) is 31.7 Å². The Morgan fingerprint density at radius 3 is 1.57 bits per heavy atom. The van der Waals surface area contributed by atoms with E-state index in [1.165, 1.54) is 32.1 Å². The molecule has 0 saturated carbocycles. The highest BCUT2D eigenvalue weighted by atomic mass is 28.4. The first-order valence-electron chi connectivity index (χ1n) is 10.9. The molecule has 0 atom stereocenters. The number of esters is 1. The van der Waals surface area contributed by atoms with Gasteiger partial charge in [-0.3, -0.25) is 0 Å². The van der Waals surface area contributed by atoms with Crippen LogP contribution in [0.25, 0.3) is 0 Å². The molecule has 0 amide bonds. The van der Waals surface area contributed by atoms with E-state index >= 15 is 0 Å². The van der Waals surface area contributed by atoms with Crippen LogP contribution in [0.15, 0.2) is 12.2 Å². The van der Waals surface area contributed by atoms with Gasteiger partial charge in [0.1, 0.15) is 0 Å². The Morgan fingerprint density at radius 2 is 1.13 bits per heavy atom. The summed E-state index contributed by atoms with van der Waals surface area (Å²) in [5, 5.41) is 0. The minimum absolute atomic E-state index is 0.290. The molecule has 0 aliphatic rings. The van der Waals surface area contributed by atoms with Gasteiger partial charge >= 0.3 is 23.3 Å². The fourth-order valence-corrected chi connectivity index (χ4v) is 9.24. The van der Waals surface area contributed by atoms with Gasteiger partial charge in [-0.1, -0.05) is 51.5 Å². The maximum absolute atomic E-state index is 11.3. The Labute approximate surface area is 186 Å². The molecule has 0 aromatic heterocycles. The molecule has 0 aliphatic carbocycles. The highest BCUT2D eigenvalue weighted by Crippen LogP contribution is 2.28. The normalized spacial score (nSPS) is 12.2. The summed E-state index contributed by atoms with van der Waals surface area (Å²) in [5.41, 5.74) is 0.460. The lowest BCUT2D eigenvalue weighted by atomic mass is 10.1. The van der Waals surface area contributed by atoms with Crippen molar-refractivity contribution in [3.63, 3.8) is 0 Å². The van der Waals surface area contributed by atoms with Gasteiger partial charge in [0.25, 0.3) is 0 Å². The highest BCUT2D eigenvalue weighted by Gasteiger charge is 2.44. The average molecular weight is 465 g/mol. The van der Waals surface area contributed by atoms with Gasteiger partial charge in [0, 0.05) is 47.2 Å². The first-order valence-corrected chi connectivity index (χ1v) is 15.1. The maximum atomic E-state index is 11.3. The molecule has 7 nitrogen and oxygen atoms in total. The molecular weight excluding hydrogens is 420 g/mol. The molecule has 0 saturated heterocycles. The van der Waals surface area contributed by atoms with Gasteiger partial charge in [-0.05, 0) is 25.4 Å². The molecule has 0 spiro atoms. The largest absolute Gasteiger partial charge is 0.500 e. The van der Waals surface area contributed by atoms with E-state index in [0.717, 1.165) is 31.4 Å². The Bertz CT molecular complexity index is 458. The summed E-state index contributed by atoms with van der Waals surface area (Å²) < 4.78 is 33.4. The van der Waals surface area contributed by atoms with Crippen molar-refractivity contribution in [2.75, 3.05) is 42.2 Å². The summed E-state index contributed by atoms with van der Waals surface area (Å²) in [7, 11) is 3.53. The van der Waals surface area contributed by atoms with Gasteiger partial charge in [0.2, 0.25) is 0 Å². The van der Waals surface area contributed by atoms with Gasteiger partial charge in [0.15, 0.2) is 0 Å². The van der Waals surface area contributed by atoms with Crippen molar-refractivity contribution < 1.29 is 31.7 Å². The second kappa shape index (κ2) is 17.1. The van der Waals surface area contributed by atoms with E-state index in [9.17, 15) is 4.79 Å². The van der Waals surface area contributed by atoms with E-state index < -0.39 is 17.4 Å². The summed E-state index contributed by atoms with van der Waals surface area (Å²) in [6.45, 7) is 5.74. The van der Waals surface area contributed by atoms with Gasteiger partial charge in [-0.15, -0.1) is 0 Å². The molecule has 0 fully saturated rings. The Kier molecular flexibility index (Phi) is 16.7. The fourth-order valence-electron chi connectivity index (χ4n) is 3.36. The Balaban J connectivity index is 3.96. The monoisotopic (exact) mass is 464 g/mol. The third kappa shape index (κ3) is 11.7. The van der Waals surface area contributed by atoms with E-state index in [4.69, 9.17) is 26.9 Å². The number of carbonyl (C=O) groups excluding carboxylic acids is 1. The minimum atomic E-state index is -2.61. The van der Waals surface area contributed by atoms with Crippen LogP contribution in [0.2, 0.25) is 18.1 Å². The van der Waals surface area contributed by atoms with Crippen molar-refractivity contribution in [1.82, 2.24) is 0 Å². The Morgan fingerprint density at radius 1 is 0.667 bits per heavy atom. The zero-order valence-corrected chi connectivity index (χ0v) is 22.1. The summed E-state index contributed by atoms with van der Waals surface area (Å²) >= 11 is 0. The van der Waals surface area contributed by atoms with Crippen LogP contribution in [0.4, 0.5) is 0 Å². The summed E-state index contributed by atoms with van der Waals surface area (Å²) in [6, 6.07) is 2.47. The van der Waals surface area contributed by atoms with Crippen molar-refractivity contribution in [2.24, 2.45) is 0 Å². The smallest absolute Gasteiger partial charge is 0.462 e. The van der Waals surface area contributed by atoms with E-state index in [0.29, 0.717) is 18.2 Å². The number of hydrogen-bond acceptors (Lipinski definition) is 7. The van der Waals surface area contributed by atoms with Crippen LogP contribution in [0, 0.1) is 0 Å². The predicted octanol–water partition coefficient (Wildman–Crippen LogP) is 4.84. The van der Waals surface area contributed by atoms with Crippen molar-refractivity contribution in [2.45, 2.75) is 76.4 Å². The minimum Gasteiger partial charge on any atom is -0.462 e. The quantitative estimate of drug-likeness (QED) is 0.110. The molecule has 0 bridgehead atoms. The molecular formula is C21H44O7Si2. The van der Waals surface area contributed by atoms with Crippen LogP contribution in [0.5, 0.6) is 0 Å². The van der Waals surface area contributed by atoms with Crippen LogP contribution in [0.3, 0.4) is 0 Å². The second-order valence-corrected chi connectivity index (χ2v) is 14.3. The molecule has 0 aromatic carbocycles.